The Morgan fingerprint density at radius 1 is 1.04 bits per heavy atom. The van der Waals surface area contributed by atoms with Crippen LogP contribution in [0, 0.1) is 3.83 Å². The summed E-state index contributed by atoms with van der Waals surface area (Å²) in [6, 6.07) is 2.47. The van der Waals surface area contributed by atoms with E-state index in [2.05, 4.69) is 25.6 Å². The molecule has 0 aliphatic rings. The minimum absolute atomic E-state index is 0.124. The van der Waals surface area contributed by atoms with Crippen molar-refractivity contribution in [2.24, 2.45) is 5.73 Å². The van der Waals surface area contributed by atoms with Gasteiger partial charge < -0.3 is 16.4 Å². The summed E-state index contributed by atoms with van der Waals surface area (Å²) in [4.78, 5) is 10.7. The molecule has 15 heteroatoms. The molecule has 2 rings (SSSR count). The lowest BCUT2D eigenvalue weighted by Gasteiger charge is -2.11. The molecule has 0 aliphatic heterocycles. The molecule has 1 heterocycles. The Morgan fingerprint density at radius 3 is 2.27 bits per heavy atom. The van der Waals surface area contributed by atoms with Crippen molar-refractivity contribution in [2.45, 2.75) is 9.79 Å². The first-order chi connectivity index (χ1) is 12.0. The zero-order chi connectivity index (χ0) is 19.5. The standard InChI is InChI=1S/C11H13IN6O6S2/c12-9-16-10(14-4-3-13)18-11(17-9)15-7-5-6(25(19,20)21)1-2-8(7)26(22,23)24/h1-2,5H,3-4,13H2,(H,19,20,21)(H,22,23,24)(H2,14,15,16,17,18). The highest BCUT2D eigenvalue weighted by molar-refractivity contribution is 14.1. The van der Waals surface area contributed by atoms with Gasteiger partial charge in [-0.05, 0) is 18.2 Å². The van der Waals surface area contributed by atoms with Gasteiger partial charge in [0.05, 0.1) is 10.6 Å². The molecule has 0 aliphatic carbocycles. The normalized spacial score (nSPS) is 12.0. The zero-order valence-corrected chi connectivity index (χ0v) is 16.6. The highest BCUT2D eigenvalue weighted by Crippen LogP contribution is 2.27. The van der Waals surface area contributed by atoms with Gasteiger partial charge in [0.2, 0.25) is 11.9 Å². The molecule has 12 nitrogen and oxygen atoms in total. The second kappa shape index (κ2) is 7.92. The van der Waals surface area contributed by atoms with Gasteiger partial charge in [-0.2, -0.15) is 31.8 Å². The molecule has 6 N–H and O–H groups in total. The maximum Gasteiger partial charge on any atom is 0.296 e. The number of nitrogens with one attached hydrogen (secondary N) is 2. The highest BCUT2D eigenvalue weighted by atomic mass is 127. The molecule has 0 atom stereocenters. The van der Waals surface area contributed by atoms with E-state index in [1.54, 1.807) is 22.6 Å². The number of benzene rings is 1. The van der Waals surface area contributed by atoms with E-state index in [4.69, 9.17) is 10.3 Å². The monoisotopic (exact) mass is 516 g/mol. The lowest BCUT2D eigenvalue weighted by molar-refractivity contribution is 0.479. The number of anilines is 3. The van der Waals surface area contributed by atoms with E-state index in [1.807, 2.05) is 0 Å². The van der Waals surface area contributed by atoms with E-state index < -0.39 is 30.0 Å². The number of aromatic nitrogens is 3. The average molecular weight is 516 g/mol. The summed E-state index contributed by atoms with van der Waals surface area (Å²) in [6.45, 7) is 0.683. The van der Waals surface area contributed by atoms with Crippen molar-refractivity contribution in [3.05, 3.63) is 22.0 Å². The van der Waals surface area contributed by atoms with Gasteiger partial charge in [0.15, 0.2) is 3.83 Å². The Morgan fingerprint density at radius 2 is 1.69 bits per heavy atom. The van der Waals surface area contributed by atoms with Gasteiger partial charge >= 0.3 is 0 Å². The van der Waals surface area contributed by atoms with E-state index in [-0.39, 0.29) is 21.4 Å². The van der Waals surface area contributed by atoms with Crippen LogP contribution in [0.2, 0.25) is 0 Å². The average Bonchev–Trinajstić information content (AvgIpc) is 2.50. The molecule has 0 amide bonds. The van der Waals surface area contributed by atoms with E-state index in [0.717, 1.165) is 18.2 Å². The van der Waals surface area contributed by atoms with Crippen molar-refractivity contribution < 1.29 is 25.9 Å². The Balaban J connectivity index is 2.52. The highest BCUT2D eigenvalue weighted by Gasteiger charge is 2.20. The molecule has 0 saturated carbocycles. The minimum atomic E-state index is -4.69. The summed E-state index contributed by atoms with van der Waals surface area (Å²) in [6.07, 6.45) is 0. The number of nitrogens with zero attached hydrogens (tertiary/aromatic N) is 3. The van der Waals surface area contributed by atoms with Gasteiger partial charge in [0.25, 0.3) is 20.2 Å². The fourth-order valence-electron chi connectivity index (χ4n) is 1.78. The Kier molecular flexibility index (Phi) is 6.29. The molecular weight excluding hydrogens is 503 g/mol. The van der Waals surface area contributed by atoms with E-state index in [9.17, 15) is 21.4 Å². The van der Waals surface area contributed by atoms with Crippen molar-refractivity contribution in [3.8, 4) is 0 Å². The third kappa shape index (κ3) is 5.42. The lowest BCUT2D eigenvalue weighted by atomic mass is 10.3. The van der Waals surface area contributed by atoms with Crippen LogP contribution in [-0.4, -0.2) is 54.0 Å². The maximum atomic E-state index is 11.5. The number of halogens is 1. The molecule has 0 unspecified atom stereocenters. The molecule has 0 saturated heterocycles. The molecule has 1 aromatic heterocycles. The molecule has 2 aromatic rings. The van der Waals surface area contributed by atoms with E-state index >= 15 is 0 Å². The third-order valence-corrected chi connectivity index (χ3v) is 5.05. The third-order valence-electron chi connectivity index (χ3n) is 2.81. The van der Waals surface area contributed by atoms with E-state index in [1.165, 1.54) is 0 Å². The molecular formula is C11H13IN6O6S2. The molecule has 0 fully saturated rings. The van der Waals surface area contributed by atoms with Crippen molar-refractivity contribution in [1.82, 2.24) is 15.0 Å². The predicted octanol–water partition coefficient (Wildman–Crippen LogP) is 0.0838. The maximum absolute atomic E-state index is 11.5. The summed E-state index contributed by atoms with van der Waals surface area (Å²) in [5.74, 6) is 0.0259. The fraction of sp³-hybridized carbons (Fsp3) is 0.182. The molecule has 0 radical (unpaired) electrons. The lowest BCUT2D eigenvalue weighted by Crippen LogP contribution is -2.16. The van der Waals surface area contributed by atoms with Crippen LogP contribution in [-0.2, 0) is 20.2 Å². The zero-order valence-electron chi connectivity index (χ0n) is 12.8. The summed E-state index contributed by atoms with van der Waals surface area (Å²) >= 11 is 1.79. The molecule has 26 heavy (non-hydrogen) atoms. The second-order valence-electron chi connectivity index (χ2n) is 4.70. The van der Waals surface area contributed by atoms with Gasteiger partial charge in [0, 0.05) is 35.7 Å². The second-order valence-corrected chi connectivity index (χ2v) is 8.48. The fourth-order valence-corrected chi connectivity index (χ4v) is 3.37. The summed E-state index contributed by atoms with van der Waals surface area (Å²) < 4.78 is 64.2. The Hall–Kier alpha value is -1.66. The summed E-state index contributed by atoms with van der Waals surface area (Å²) in [5.41, 5.74) is 5.02. The quantitative estimate of drug-likeness (QED) is 0.246. The van der Waals surface area contributed by atoms with Crippen LogP contribution in [0.3, 0.4) is 0 Å². The number of rotatable bonds is 7. The summed E-state index contributed by atoms with van der Waals surface area (Å²) in [5, 5.41) is 5.30. The SMILES string of the molecule is NCCNc1nc(I)nc(Nc2cc(S(=O)(=O)O)ccc2S(=O)(=O)O)n1. The number of hydrogen-bond acceptors (Lipinski definition) is 10. The van der Waals surface area contributed by atoms with Crippen molar-refractivity contribution >= 4 is 60.4 Å². The van der Waals surface area contributed by atoms with Gasteiger partial charge in [-0.1, -0.05) is 0 Å². The van der Waals surface area contributed by atoms with E-state index in [0.29, 0.717) is 13.1 Å². The van der Waals surface area contributed by atoms with Crippen LogP contribution >= 0.6 is 22.6 Å². The first-order valence-corrected chi connectivity index (χ1v) is 10.7. The Bertz CT molecular complexity index is 1030. The van der Waals surface area contributed by atoms with Crippen LogP contribution in [0.25, 0.3) is 0 Å². The van der Waals surface area contributed by atoms with Crippen molar-refractivity contribution in [3.63, 3.8) is 0 Å². The van der Waals surface area contributed by atoms with Gasteiger partial charge in [-0.3, -0.25) is 9.11 Å². The van der Waals surface area contributed by atoms with Crippen LogP contribution < -0.4 is 16.4 Å². The first-order valence-electron chi connectivity index (χ1n) is 6.72. The van der Waals surface area contributed by atoms with Crippen LogP contribution in [0.1, 0.15) is 0 Å². The van der Waals surface area contributed by atoms with Crippen LogP contribution in [0.4, 0.5) is 17.6 Å². The number of nitrogens with two attached hydrogens (primary N) is 1. The molecule has 0 bridgehead atoms. The topological polar surface area (TPSA) is 197 Å². The number of hydrogen-bond donors (Lipinski definition) is 5. The summed E-state index contributed by atoms with van der Waals surface area (Å²) in [7, 11) is -9.30. The Labute approximate surface area is 162 Å². The largest absolute Gasteiger partial charge is 0.353 e. The molecule has 142 valence electrons. The van der Waals surface area contributed by atoms with Crippen molar-refractivity contribution in [2.75, 3.05) is 23.7 Å². The van der Waals surface area contributed by atoms with Gasteiger partial charge in [0.1, 0.15) is 4.90 Å². The van der Waals surface area contributed by atoms with Gasteiger partial charge in [-0.25, -0.2) is 0 Å². The first kappa shape index (κ1) is 20.6. The smallest absolute Gasteiger partial charge is 0.296 e. The van der Waals surface area contributed by atoms with Crippen LogP contribution in [0.5, 0.6) is 0 Å². The predicted molar refractivity (Wildman–Crippen MR) is 99.4 cm³/mol. The van der Waals surface area contributed by atoms with Gasteiger partial charge in [-0.15, -0.1) is 0 Å². The minimum Gasteiger partial charge on any atom is -0.353 e. The molecule has 0 spiro atoms. The molecule has 1 aromatic carbocycles. The van der Waals surface area contributed by atoms with Crippen LogP contribution in [0.15, 0.2) is 28.0 Å². The van der Waals surface area contributed by atoms with Crippen molar-refractivity contribution in [1.29, 1.82) is 0 Å².